The smallest absolute Gasteiger partial charge is 0.254 e. The van der Waals surface area contributed by atoms with E-state index >= 15 is 0 Å². The molecule has 144 valence electrons. The van der Waals surface area contributed by atoms with Crippen LogP contribution < -0.4 is 0 Å². The summed E-state index contributed by atoms with van der Waals surface area (Å²) in [4.78, 5) is 22.4. The van der Waals surface area contributed by atoms with Crippen molar-refractivity contribution in [3.63, 3.8) is 0 Å². The van der Waals surface area contributed by atoms with E-state index in [4.69, 9.17) is 4.74 Å². The molecule has 0 radical (unpaired) electrons. The second-order valence-electron chi connectivity index (χ2n) is 8.02. The number of ether oxygens (including phenoxy) is 1. The van der Waals surface area contributed by atoms with Crippen molar-refractivity contribution in [1.29, 1.82) is 0 Å². The van der Waals surface area contributed by atoms with Gasteiger partial charge < -0.3 is 9.64 Å². The molecule has 0 N–H and O–H groups in total. The molecule has 0 bridgehead atoms. The van der Waals surface area contributed by atoms with Crippen molar-refractivity contribution >= 4 is 16.8 Å². The molecule has 2 aliphatic heterocycles. The van der Waals surface area contributed by atoms with Gasteiger partial charge in [0.1, 0.15) is 0 Å². The van der Waals surface area contributed by atoms with Crippen molar-refractivity contribution in [3.05, 3.63) is 40.6 Å². The van der Waals surface area contributed by atoms with Gasteiger partial charge in [-0.25, -0.2) is 0 Å². The van der Waals surface area contributed by atoms with Crippen LogP contribution in [-0.4, -0.2) is 66.1 Å². The number of pyridine rings is 1. The van der Waals surface area contributed by atoms with E-state index in [1.165, 1.54) is 18.4 Å². The van der Waals surface area contributed by atoms with E-state index in [1.807, 2.05) is 17.9 Å². The van der Waals surface area contributed by atoms with Gasteiger partial charge in [-0.2, -0.15) is 0 Å². The molecule has 5 nitrogen and oxygen atoms in total. The molecule has 2 aliphatic rings. The Labute approximate surface area is 161 Å². The van der Waals surface area contributed by atoms with Crippen molar-refractivity contribution in [2.45, 2.75) is 39.7 Å². The monoisotopic (exact) mass is 367 g/mol. The van der Waals surface area contributed by atoms with E-state index in [0.717, 1.165) is 67.1 Å². The van der Waals surface area contributed by atoms with Gasteiger partial charge in [-0.1, -0.05) is 11.6 Å². The second-order valence-corrected chi connectivity index (χ2v) is 8.02. The number of benzene rings is 1. The van der Waals surface area contributed by atoms with E-state index in [1.54, 1.807) is 0 Å². The highest BCUT2D eigenvalue weighted by Crippen LogP contribution is 2.25. The fraction of sp³-hybridized carbons (Fsp3) is 0.545. The minimum absolute atomic E-state index is 0.132. The molecule has 0 spiro atoms. The van der Waals surface area contributed by atoms with Gasteiger partial charge in [0, 0.05) is 50.4 Å². The molecule has 5 heteroatoms. The Hall–Kier alpha value is -1.98. The zero-order chi connectivity index (χ0) is 19.0. The standard InChI is InChI=1S/C22H29N3O2/c1-15-11-16(2)21-19(12-15)20(13-17(3)23-21)22(26)25-8-6-24(7-9-25)14-18-5-4-10-27-18/h11-13,18H,4-10,14H2,1-3H3. The first-order valence-electron chi connectivity index (χ1n) is 10.0. The molecular formula is C22H29N3O2. The fourth-order valence-electron chi connectivity index (χ4n) is 4.37. The zero-order valence-electron chi connectivity index (χ0n) is 16.6. The Bertz CT molecular complexity index is 850. The average molecular weight is 367 g/mol. The fourth-order valence-corrected chi connectivity index (χ4v) is 4.37. The second kappa shape index (κ2) is 7.56. The van der Waals surface area contributed by atoms with Crippen LogP contribution in [0.5, 0.6) is 0 Å². The molecule has 2 aromatic rings. The Balaban J connectivity index is 1.52. The summed E-state index contributed by atoms with van der Waals surface area (Å²) < 4.78 is 5.75. The van der Waals surface area contributed by atoms with E-state index in [0.29, 0.717) is 6.10 Å². The van der Waals surface area contributed by atoms with Crippen LogP contribution in [0, 0.1) is 20.8 Å². The van der Waals surface area contributed by atoms with Crippen LogP contribution in [0.15, 0.2) is 18.2 Å². The van der Waals surface area contributed by atoms with Crippen LogP contribution in [0.25, 0.3) is 10.9 Å². The maximum atomic E-state index is 13.3. The summed E-state index contributed by atoms with van der Waals surface area (Å²) >= 11 is 0. The Morgan fingerprint density at radius 3 is 2.63 bits per heavy atom. The van der Waals surface area contributed by atoms with Gasteiger partial charge in [0.05, 0.1) is 17.2 Å². The summed E-state index contributed by atoms with van der Waals surface area (Å²) in [6.45, 7) is 11.4. The Kier molecular flexibility index (Phi) is 5.15. The SMILES string of the molecule is Cc1cc(C)c2nc(C)cc(C(=O)N3CCN(CC4CCCO4)CC3)c2c1. The molecule has 1 amide bonds. The van der Waals surface area contributed by atoms with Crippen molar-refractivity contribution < 1.29 is 9.53 Å². The van der Waals surface area contributed by atoms with Crippen molar-refractivity contribution in [3.8, 4) is 0 Å². The minimum Gasteiger partial charge on any atom is -0.377 e. The third-order valence-corrected chi connectivity index (χ3v) is 5.75. The highest BCUT2D eigenvalue weighted by atomic mass is 16.5. The number of hydrogen-bond donors (Lipinski definition) is 0. The summed E-state index contributed by atoms with van der Waals surface area (Å²) in [5.74, 6) is 0.132. The summed E-state index contributed by atoms with van der Waals surface area (Å²) in [5, 5.41) is 0.977. The third kappa shape index (κ3) is 3.85. The van der Waals surface area contributed by atoms with Crippen molar-refractivity contribution in [2.24, 2.45) is 0 Å². The lowest BCUT2D eigenvalue weighted by atomic mass is 10.0. The topological polar surface area (TPSA) is 45.7 Å². The molecule has 1 aromatic heterocycles. The molecule has 27 heavy (non-hydrogen) atoms. The number of hydrogen-bond acceptors (Lipinski definition) is 4. The molecule has 1 atom stereocenters. The van der Waals surface area contributed by atoms with Crippen LogP contribution >= 0.6 is 0 Å². The van der Waals surface area contributed by atoms with Gasteiger partial charge in [0.25, 0.3) is 5.91 Å². The number of fused-ring (bicyclic) bond motifs is 1. The van der Waals surface area contributed by atoms with Crippen LogP contribution in [0.4, 0.5) is 0 Å². The Morgan fingerprint density at radius 2 is 1.93 bits per heavy atom. The van der Waals surface area contributed by atoms with Crippen LogP contribution in [-0.2, 0) is 4.74 Å². The highest BCUT2D eigenvalue weighted by Gasteiger charge is 2.26. The molecule has 0 aliphatic carbocycles. The van der Waals surface area contributed by atoms with Gasteiger partial charge in [0.2, 0.25) is 0 Å². The van der Waals surface area contributed by atoms with Crippen molar-refractivity contribution in [1.82, 2.24) is 14.8 Å². The van der Waals surface area contributed by atoms with E-state index in [2.05, 4.69) is 35.9 Å². The molecule has 1 aromatic carbocycles. The number of piperazine rings is 1. The first-order valence-corrected chi connectivity index (χ1v) is 10.0. The number of carbonyl (C=O) groups excluding carboxylic acids is 1. The summed E-state index contributed by atoms with van der Waals surface area (Å²) in [6.07, 6.45) is 2.72. The molecule has 0 saturated carbocycles. The molecule has 3 heterocycles. The first kappa shape index (κ1) is 18.4. The third-order valence-electron chi connectivity index (χ3n) is 5.75. The molecule has 1 unspecified atom stereocenters. The summed E-state index contributed by atoms with van der Waals surface area (Å²) in [7, 11) is 0. The average Bonchev–Trinajstić information content (AvgIpc) is 3.15. The lowest BCUT2D eigenvalue weighted by molar-refractivity contribution is 0.0433. The lowest BCUT2D eigenvalue weighted by Gasteiger charge is -2.36. The molecule has 2 fully saturated rings. The Morgan fingerprint density at radius 1 is 1.15 bits per heavy atom. The zero-order valence-corrected chi connectivity index (χ0v) is 16.6. The summed E-state index contributed by atoms with van der Waals surface area (Å²) in [5.41, 5.74) is 4.93. The maximum absolute atomic E-state index is 13.3. The maximum Gasteiger partial charge on any atom is 0.254 e. The number of amides is 1. The van der Waals surface area contributed by atoms with E-state index < -0.39 is 0 Å². The van der Waals surface area contributed by atoms with Gasteiger partial charge in [-0.05, 0) is 51.3 Å². The number of rotatable bonds is 3. The van der Waals surface area contributed by atoms with Gasteiger partial charge in [-0.15, -0.1) is 0 Å². The molecule has 2 saturated heterocycles. The van der Waals surface area contributed by atoms with Crippen LogP contribution in [0.2, 0.25) is 0 Å². The van der Waals surface area contributed by atoms with Crippen LogP contribution in [0.1, 0.15) is 40.0 Å². The highest BCUT2D eigenvalue weighted by molar-refractivity contribution is 6.07. The molecule has 4 rings (SSSR count). The minimum atomic E-state index is 0.132. The number of aromatic nitrogens is 1. The van der Waals surface area contributed by atoms with Gasteiger partial charge in [0.15, 0.2) is 0 Å². The van der Waals surface area contributed by atoms with Gasteiger partial charge in [-0.3, -0.25) is 14.7 Å². The predicted octanol–water partition coefficient (Wildman–Crippen LogP) is 3.10. The number of carbonyl (C=O) groups is 1. The largest absolute Gasteiger partial charge is 0.377 e. The normalized spacial score (nSPS) is 21.1. The quantitative estimate of drug-likeness (QED) is 0.836. The number of aryl methyl sites for hydroxylation is 3. The van der Waals surface area contributed by atoms with Crippen molar-refractivity contribution in [2.75, 3.05) is 39.3 Å². The number of nitrogens with zero attached hydrogens (tertiary/aromatic N) is 3. The first-order chi connectivity index (χ1) is 13.0. The summed E-state index contributed by atoms with van der Waals surface area (Å²) in [6, 6.07) is 6.17. The lowest BCUT2D eigenvalue weighted by Crippen LogP contribution is -2.50. The van der Waals surface area contributed by atoms with Crippen LogP contribution in [0.3, 0.4) is 0 Å². The van der Waals surface area contributed by atoms with E-state index in [9.17, 15) is 4.79 Å². The van der Waals surface area contributed by atoms with Gasteiger partial charge >= 0.3 is 0 Å². The predicted molar refractivity (Wildman–Crippen MR) is 107 cm³/mol. The van der Waals surface area contributed by atoms with E-state index in [-0.39, 0.29) is 5.91 Å². The molecular weight excluding hydrogens is 338 g/mol.